The number of carbonyl (C=O) groups excluding carboxylic acids is 2. The first-order chi connectivity index (χ1) is 14.4. The van der Waals surface area contributed by atoms with Gasteiger partial charge in [0.25, 0.3) is 5.91 Å². The van der Waals surface area contributed by atoms with Crippen molar-refractivity contribution in [1.29, 1.82) is 0 Å². The zero-order chi connectivity index (χ0) is 21.5. The summed E-state index contributed by atoms with van der Waals surface area (Å²) in [7, 11) is 0. The predicted molar refractivity (Wildman–Crippen MR) is 121 cm³/mol. The van der Waals surface area contributed by atoms with E-state index in [0.29, 0.717) is 28.9 Å². The molecule has 0 saturated heterocycles. The number of amides is 2. The average molecular weight is 424 g/mol. The van der Waals surface area contributed by atoms with Crippen LogP contribution in [0, 0.1) is 5.92 Å². The smallest absolute Gasteiger partial charge is 0.253 e. The van der Waals surface area contributed by atoms with Crippen LogP contribution in [0.4, 0.5) is 5.69 Å². The number of anilines is 1. The van der Waals surface area contributed by atoms with Gasteiger partial charge in [0.05, 0.1) is 28.9 Å². The maximum atomic E-state index is 12.5. The second kappa shape index (κ2) is 9.98. The summed E-state index contributed by atoms with van der Waals surface area (Å²) >= 11 is 1.23. The van der Waals surface area contributed by atoms with Crippen LogP contribution in [0.15, 0.2) is 66.0 Å². The largest absolute Gasteiger partial charge is 0.352 e. The second-order valence-electron chi connectivity index (χ2n) is 7.17. The average Bonchev–Trinajstić information content (AvgIpc) is 3.12. The van der Waals surface area contributed by atoms with Crippen LogP contribution in [0.3, 0.4) is 0 Å². The van der Waals surface area contributed by atoms with Gasteiger partial charge in [-0.1, -0.05) is 68.1 Å². The van der Waals surface area contributed by atoms with Gasteiger partial charge in [0.15, 0.2) is 5.16 Å². The number of nitrogen functional groups attached to an aromatic ring is 1. The molecule has 0 fully saturated rings. The van der Waals surface area contributed by atoms with E-state index in [9.17, 15) is 9.59 Å². The van der Waals surface area contributed by atoms with Crippen molar-refractivity contribution in [2.24, 2.45) is 5.92 Å². The molecule has 30 heavy (non-hydrogen) atoms. The van der Waals surface area contributed by atoms with Crippen LogP contribution in [0.1, 0.15) is 24.2 Å². The third kappa shape index (κ3) is 5.64. The lowest BCUT2D eigenvalue weighted by Crippen LogP contribution is -2.28. The summed E-state index contributed by atoms with van der Waals surface area (Å²) in [4.78, 5) is 29.4. The highest BCUT2D eigenvalue weighted by molar-refractivity contribution is 7.99. The van der Waals surface area contributed by atoms with Gasteiger partial charge in [-0.25, -0.2) is 9.66 Å². The molecule has 0 spiro atoms. The third-order valence-electron chi connectivity index (χ3n) is 4.22. The van der Waals surface area contributed by atoms with Crippen molar-refractivity contribution in [2.45, 2.75) is 19.0 Å². The van der Waals surface area contributed by atoms with Crippen LogP contribution in [0.5, 0.6) is 0 Å². The van der Waals surface area contributed by atoms with Crippen molar-refractivity contribution in [2.75, 3.05) is 23.5 Å². The number of rotatable bonds is 8. The number of nitrogens with one attached hydrogen (secondary N) is 2. The van der Waals surface area contributed by atoms with Crippen molar-refractivity contribution in [3.63, 3.8) is 0 Å². The van der Waals surface area contributed by atoms with Crippen molar-refractivity contribution >= 4 is 29.3 Å². The second-order valence-corrected chi connectivity index (χ2v) is 8.11. The van der Waals surface area contributed by atoms with Gasteiger partial charge in [-0.05, 0) is 18.1 Å². The van der Waals surface area contributed by atoms with Crippen LogP contribution >= 0.6 is 11.8 Å². The summed E-state index contributed by atoms with van der Waals surface area (Å²) in [5.41, 5.74) is 2.61. The van der Waals surface area contributed by atoms with E-state index in [4.69, 9.17) is 5.84 Å². The Morgan fingerprint density at radius 2 is 1.80 bits per heavy atom. The van der Waals surface area contributed by atoms with Crippen molar-refractivity contribution in [3.05, 3.63) is 66.4 Å². The minimum absolute atomic E-state index is 0.115. The number of para-hydroxylation sites is 1. The maximum absolute atomic E-state index is 12.5. The fourth-order valence-electron chi connectivity index (χ4n) is 2.73. The van der Waals surface area contributed by atoms with Gasteiger partial charge in [0.2, 0.25) is 5.91 Å². The molecule has 1 heterocycles. The Balaban J connectivity index is 1.62. The Morgan fingerprint density at radius 1 is 1.10 bits per heavy atom. The van der Waals surface area contributed by atoms with Gasteiger partial charge in [-0.15, -0.1) is 0 Å². The Bertz CT molecular complexity index is 1020. The van der Waals surface area contributed by atoms with Gasteiger partial charge in [0, 0.05) is 12.1 Å². The molecule has 2 amide bonds. The first-order valence-electron chi connectivity index (χ1n) is 9.64. The van der Waals surface area contributed by atoms with Gasteiger partial charge in [-0.2, -0.15) is 0 Å². The van der Waals surface area contributed by atoms with Crippen LogP contribution in [0.25, 0.3) is 11.3 Å². The molecule has 0 aliphatic rings. The molecule has 8 heteroatoms. The van der Waals surface area contributed by atoms with E-state index in [1.165, 1.54) is 16.4 Å². The number of nitrogens with two attached hydrogens (primary N) is 1. The van der Waals surface area contributed by atoms with Gasteiger partial charge in [0.1, 0.15) is 0 Å². The maximum Gasteiger partial charge on any atom is 0.253 e. The fourth-order valence-corrected chi connectivity index (χ4v) is 3.43. The summed E-state index contributed by atoms with van der Waals surface area (Å²) in [6.45, 7) is 4.62. The van der Waals surface area contributed by atoms with E-state index in [1.807, 2.05) is 44.2 Å². The van der Waals surface area contributed by atoms with Crippen molar-refractivity contribution < 1.29 is 9.59 Å². The molecule has 0 unspecified atom stereocenters. The Morgan fingerprint density at radius 3 is 2.53 bits per heavy atom. The molecule has 0 bridgehead atoms. The molecule has 0 atom stereocenters. The molecule has 4 N–H and O–H groups in total. The standard InChI is InChI=1S/C22H25N5O2S/c1-15(2)12-24-21(29)17-10-6-7-11-18(17)25-20(28)14-30-22-26-19(13-27(22)23)16-8-4-3-5-9-16/h3-11,13,15H,12,14,23H2,1-2H3,(H,24,29)(H,25,28). The van der Waals surface area contributed by atoms with E-state index in [1.54, 1.807) is 30.5 Å². The molecule has 0 radical (unpaired) electrons. The number of nitrogens with zero attached hydrogens (tertiary/aromatic N) is 2. The van der Waals surface area contributed by atoms with E-state index in [0.717, 1.165) is 11.3 Å². The summed E-state index contributed by atoms with van der Waals surface area (Å²) in [6.07, 6.45) is 1.73. The summed E-state index contributed by atoms with van der Waals surface area (Å²) < 4.78 is 1.41. The molecule has 3 rings (SSSR count). The van der Waals surface area contributed by atoms with Crippen LogP contribution in [0.2, 0.25) is 0 Å². The topological polar surface area (TPSA) is 102 Å². The number of imidazole rings is 1. The van der Waals surface area contributed by atoms with E-state index in [2.05, 4.69) is 15.6 Å². The predicted octanol–water partition coefficient (Wildman–Crippen LogP) is 3.38. The van der Waals surface area contributed by atoms with Crippen molar-refractivity contribution in [3.8, 4) is 11.3 Å². The SMILES string of the molecule is CC(C)CNC(=O)c1ccccc1NC(=O)CSc1nc(-c2ccccc2)cn1N. The summed E-state index contributed by atoms with van der Waals surface area (Å²) in [5.74, 6) is 5.99. The lowest BCUT2D eigenvalue weighted by molar-refractivity contribution is -0.113. The number of thioether (sulfide) groups is 1. The highest BCUT2D eigenvalue weighted by Gasteiger charge is 2.15. The highest BCUT2D eigenvalue weighted by atomic mass is 32.2. The zero-order valence-corrected chi connectivity index (χ0v) is 17.8. The monoisotopic (exact) mass is 423 g/mol. The fraction of sp³-hybridized carbons (Fsp3) is 0.227. The number of carbonyl (C=O) groups is 2. The molecule has 1 aromatic heterocycles. The van der Waals surface area contributed by atoms with Crippen molar-refractivity contribution in [1.82, 2.24) is 15.0 Å². The summed E-state index contributed by atoms with van der Waals surface area (Å²) in [6, 6.07) is 16.6. The summed E-state index contributed by atoms with van der Waals surface area (Å²) in [5, 5.41) is 6.21. The van der Waals surface area contributed by atoms with Crippen LogP contribution in [-0.2, 0) is 4.79 Å². The number of hydrogen-bond acceptors (Lipinski definition) is 5. The zero-order valence-electron chi connectivity index (χ0n) is 17.0. The molecule has 0 aliphatic heterocycles. The molecule has 7 nitrogen and oxygen atoms in total. The van der Waals surface area contributed by atoms with E-state index >= 15 is 0 Å². The minimum atomic E-state index is -0.242. The van der Waals surface area contributed by atoms with E-state index < -0.39 is 0 Å². The molecular formula is C22H25N5O2S. The number of benzene rings is 2. The Labute approximate surface area is 180 Å². The lowest BCUT2D eigenvalue weighted by atomic mass is 10.1. The highest BCUT2D eigenvalue weighted by Crippen LogP contribution is 2.23. The molecular weight excluding hydrogens is 398 g/mol. The Kier molecular flexibility index (Phi) is 7.13. The first-order valence-corrected chi connectivity index (χ1v) is 10.6. The molecule has 2 aromatic carbocycles. The van der Waals surface area contributed by atoms with Gasteiger partial charge in [-0.3, -0.25) is 9.59 Å². The normalized spacial score (nSPS) is 10.8. The van der Waals surface area contributed by atoms with E-state index in [-0.39, 0.29) is 17.6 Å². The van der Waals surface area contributed by atoms with Gasteiger partial charge < -0.3 is 16.5 Å². The minimum Gasteiger partial charge on any atom is -0.352 e. The Hall–Kier alpha value is -3.26. The number of aromatic nitrogens is 2. The van der Waals surface area contributed by atoms with Gasteiger partial charge >= 0.3 is 0 Å². The molecule has 156 valence electrons. The lowest BCUT2D eigenvalue weighted by Gasteiger charge is -2.12. The third-order valence-corrected chi connectivity index (χ3v) is 5.18. The number of hydrogen-bond donors (Lipinski definition) is 3. The molecule has 0 saturated carbocycles. The quantitative estimate of drug-likeness (QED) is 0.381. The molecule has 3 aromatic rings. The van der Waals surface area contributed by atoms with Crippen LogP contribution in [-0.4, -0.2) is 33.8 Å². The first kappa shape index (κ1) is 21.4. The van der Waals surface area contributed by atoms with Crippen LogP contribution < -0.4 is 16.5 Å². The molecule has 0 aliphatic carbocycles.